The van der Waals surface area contributed by atoms with E-state index in [1.54, 1.807) is 0 Å². The second-order valence-corrected chi connectivity index (χ2v) is 4.45. The minimum absolute atomic E-state index is 0.171. The first-order chi connectivity index (χ1) is 9.74. The van der Waals surface area contributed by atoms with Crippen LogP contribution in [-0.4, -0.2) is 34.5 Å². The summed E-state index contributed by atoms with van der Waals surface area (Å²) in [6.07, 6.45) is 1.38. The normalized spacial score (nSPS) is 14.7. The molecule has 7 heteroatoms. The largest absolute Gasteiger partial charge is 0.486 e. The Morgan fingerprint density at radius 2 is 2.15 bits per heavy atom. The minimum atomic E-state index is -0.277. The monoisotopic (exact) mass is 274 g/mol. The Balaban J connectivity index is 1.74. The molecule has 1 unspecified atom stereocenters. The van der Waals surface area contributed by atoms with Gasteiger partial charge < -0.3 is 14.8 Å². The first kappa shape index (κ1) is 12.5. The number of amides is 1. The third-order valence-corrected chi connectivity index (χ3v) is 3.06. The summed E-state index contributed by atoms with van der Waals surface area (Å²) in [6.45, 7) is 2.99. The van der Waals surface area contributed by atoms with E-state index in [1.165, 1.54) is 6.20 Å². The summed E-state index contributed by atoms with van der Waals surface area (Å²) in [5.74, 6) is 1.16. The number of benzene rings is 1. The molecule has 3 rings (SSSR count). The van der Waals surface area contributed by atoms with Crippen molar-refractivity contribution in [1.82, 2.24) is 20.7 Å². The average molecular weight is 274 g/mol. The molecule has 0 radical (unpaired) electrons. The Bertz CT molecular complexity index is 612. The molecule has 1 aliphatic rings. The number of hydrogen-bond donors (Lipinski definition) is 2. The molecule has 0 aliphatic carbocycles. The van der Waals surface area contributed by atoms with Gasteiger partial charge in [-0.25, -0.2) is 0 Å². The summed E-state index contributed by atoms with van der Waals surface area (Å²) in [6, 6.07) is 5.46. The van der Waals surface area contributed by atoms with E-state index >= 15 is 0 Å². The van der Waals surface area contributed by atoms with Gasteiger partial charge in [-0.2, -0.15) is 15.4 Å². The molecule has 2 aromatic rings. The Morgan fingerprint density at radius 3 is 2.90 bits per heavy atom. The molecule has 1 aromatic carbocycles. The summed E-state index contributed by atoms with van der Waals surface area (Å²) in [7, 11) is 0. The highest BCUT2D eigenvalue weighted by atomic mass is 16.6. The van der Waals surface area contributed by atoms with Crippen LogP contribution in [0.25, 0.3) is 0 Å². The van der Waals surface area contributed by atoms with Gasteiger partial charge in [-0.15, -0.1) is 0 Å². The Kier molecular flexibility index (Phi) is 3.24. The van der Waals surface area contributed by atoms with Crippen LogP contribution in [0.5, 0.6) is 11.5 Å². The predicted octanol–water partition coefficient (Wildman–Crippen LogP) is 1.07. The van der Waals surface area contributed by atoms with Gasteiger partial charge in [0.05, 0.1) is 12.2 Å². The smallest absolute Gasteiger partial charge is 0.273 e. The zero-order chi connectivity index (χ0) is 13.9. The molecule has 0 bridgehead atoms. The third kappa shape index (κ3) is 2.42. The number of H-pyrrole nitrogens is 1. The van der Waals surface area contributed by atoms with Crippen LogP contribution in [0.1, 0.15) is 29.0 Å². The summed E-state index contributed by atoms with van der Waals surface area (Å²) in [5, 5.41) is 12.6. The van der Waals surface area contributed by atoms with Crippen molar-refractivity contribution < 1.29 is 14.3 Å². The zero-order valence-electron chi connectivity index (χ0n) is 10.9. The number of nitrogens with one attached hydrogen (secondary N) is 2. The number of nitrogens with zero attached hydrogens (tertiary/aromatic N) is 2. The summed E-state index contributed by atoms with van der Waals surface area (Å²) in [4.78, 5) is 11.9. The molecule has 104 valence electrons. The van der Waals surface area contributed by atoms with Gasteiger partial charge in [0, 0.05) is 0 Å². The lowest BCUT2D eigenvalue weighted by atomic mass is 10.1. The molecule has 0 saturated heterocycles. The van der Waals surface area contributed by atoms with Gasteiger partial charge in [-0.05, 0) is 24.6 Å². The van der Waals surface area contributed by atoms with E-state index in [4.69, 9.17) is 9.47 Å². The fourth-order valence-electron chi connectivity index (χ4n) is 1.99. The molecule has 0 saturated carbocycles. The number of carbonyl (C=O) groups is 1. The van der Waals surface area contributed by atoms with Crippen molar-refractivity contribution in [2.45, 2.75) is 13.0 Å². The van der Waals surface area contributed by atoms with Crippen molar-refractivity contribution >= 4 is 5.91 Å². The maximum absolute atomic E-state index is 11.9. The maximum Gasteiger partial charge on any atom is 0.273 e. The SMILES string of the molecule is CC(NC(=O)c1cn[nH]n1)c1ccc2c(c1)OCCO2. The van der Waals surface area contributed by atoms with E-state index in [-0.39, 0.29) is 17.6 Å². The predicted molar refractivity (Wildman–Crippen MR) is 69.7 cm³/mol. The molecule has 7 nitrogen and oxygen atoms in total. The zero-order valence-corrected chi connectivity index (χ0v) is 10.9. The van der Waals surface area contributed by atoms with Crippen LogP contribution in [0, 0.1) is 0 Å². The molecule has 20 heavy (non-hydrogen) atoms. The topological polar surface area (TPSA) is 89.1 Å². The van der Waals surface area contributed by atoms with E-state index in [0.717, 1.165) is 11.3 Å². The lowest BCUT2D eigenvalue weighted by Crippen LogP contribution is -2.27. The molecule has 1 aliphatic heterocycles. The molecule has 1 aromatic heterocycles. The van der Waals surface area contributed by atoms with Crippen molar-refractivity contribution in [1.29, 1.82) is 0 Å². The number of ether oxygens (including phenoxy) is 2. The maximum atomic E-state index is 11.9. The number of carbonyl (C=O) groups excluding carboxylic acids is 1. The summed E-state index contributed by atoms with van der Waals surface area (Å²) >= 11 is 0. The highest BCUT2D eigenvalue weighted by molar-refractivity contribution is 5.92. The van der Waals surface area contributed by atoms with Crippen LogP contribution in [0.4, 0.5) is 0 Å². The molecular formula is C13H14N4O3. The van der Waals surface area contributed by atoms with E-state index in [0.29, 0.717) is 19.0 Å². The van der Waals surface area contributed by atoms with Gasteiger partial charge in [0.25, 0.3) is 5.91 Å². The standard InChI is InChI=1S/C13H14N4O3/c1-8(15-13(18)10-7-14-17-16-10)9-2-3-11-12(6-9)20-5-4-19-11/h2-3,6-8H,4-5H2,1H3,(H,15,18)(H,14,16,17). The summed E-state index contributed by atoms with van der Waals surface area (Å²) < 4.78 is 11.0. The first-order valence-corrected chi connectivity index (χ1v) is 6.30. The number of rotatable bonds is 3. The van der Waals surface area contributed by atoms with Crippen LogP contribution in [-0.2, 0) is 0 Å². The number of aromatic nitrogens is 3. The number of hydrogen-bond acceptors (Lipinski definition) is 5. The van der Waals surface area contributed by atoms with Crippen LogP contribution in [0.3, 0.4) is 0 Å². The van der Waals surface area contributed by atoms with Crippen LogP contribution >= 0.6 is 0 Å². The first-order valence-electron chi connectivity index (χ1n) is 6.30. The van der Waals surface area contributed by atoms with E-state index in [2.05, 4.69) is 20.7 Å². The molecule has 2 N–H and O–H groups in total. The Morgan fingerprint density at radius 1 is 1.35 bits per heavy atom. The lowest BCUT2D eigenvalue weighted by molar-refractivity contribution is 0.0934. The molecule has 1 atom stereocenters. The third-order valence-electron chi connectivity index (χ3n) is 3.06. The summed E-state index contributed by atoms with van der Waals surface area (Å²) in [5.41, 5.74) is 1.19. The second kappa shape index (κ2) is 5.20. The van der Waals surface area contributed by atoms with Crippen molar-refractivity contribution in [3.63, 3.8) is 0 Å². The van der Waals surface area contributed by atoms with Gasteiger partial charge in [0.2, 0.25) is 0 Å². The van der Waals surface area contributed by atoms with E-state index < -0.39 is 0 Å². The fourth-order valence-corrected chi connectivity index (χ4v) is 1.99. The highest BCUT2D eigenvalue weighted by Gasteiger charge is 2.17. The van der Waals surface area contributed by atoms with Crippen molar-refractivity contribution in [3.05, 3.63) is 35.7 Å². The van der Waals surface area contributed by atoms with E-state index in [1.807, 2.05) is 25.1 Å². The highest BCUT2D eigenvalue weighted by Crippen LogP contribution is 2.32. The lowest BCUT2D eigenvalue weighted by Gasteiger charge is -2.20. The van der Waals surface area contributed by atoms with Crippen LogP contribution < -0.4 is 14.8 Å². The van der Waals surface area contributed by atoms with Gasteiger partial charge in [-0.1, -0.05) is 6.07 Å². The van der Waals surface area contributed by atoms with Gasteiger partial charge in [0.1, 0.15) is 13.2 Å². The van der Waals surface area contributed by atoms with Crippen LogP contribution in [0.15, 0.2) is 24.4 Å². The molecular weight excluding hydrogens is 260 g/mol. The van der Waals surface area contributed by atoms with Crippen molar-refractivity contribution in [2.24, 2.45) is 0 Å². The molecule has 1 amide bonds. The number of fused-ring (bicyclic) bond motifs is 1. The van der Waals surface area contributed by atoms with Crippen molar-refractivity contribution in [2.75, 3.05) is 13.2 Å². The van der Waals surface area contributed by atoms with E-state index in [9.17, 15) is 4.79 Å². The van der Waals surface area contributed by atoms with Crippen molar-refractivity contribution in [3.8, 4) is 11.5 Å². The fraction of sp³-hybridized carbons (Fsp3) is 0.308. The minimum Gasteiger partial charge on any atom is -0.486 e. The molecule has 0 fully saturated rings. The average Bonchev–Trinajstić information content (AvgIpc) is 3.01. The Labute approximate surface area is 115 Å². The second-order valence-electron chi connectivity index (χ2n) is 4.45. The van der Waals surface area contributed by atoms with Crippen LogP contribution in [0.2, 0.25) is 0 Å². The Hall–Kier alpha value is -2.57. The van der Waals surface area contributed by atoms with Gasteiger partial charge >= 0.3 is 0 Å². The quantitative estimate of drug-likeness (QED) is 0.873. The molecule has 0 spiro atoms. The van der Waals surface area contributed by atoms with Gasteiger partial charge in [-0.3, -0.25) is 4.79 Å². The number of aromatic amines is 1. The molecule has 2 heterocycles. The van der Waals surface area contributed by atoms with Gasteiger partial charge in [0.15, 0.2) is 17.2 Å².